The molecule has 0 aliphatic heterocycles. The first-order valence-electron chi connectivity index (χ1n) is 7.98. The van der Waals surface area contributed by atoms with Crippen LogP contribution in [0.15, 0.2) is 18.2 Å². The number of hydrogen-bond acceptors (Lipinski definition) is 4. The van der Waals surface area contributed by atoms with Crippen molar-refractivity contribution < 1.29 is 9.59 Å². The molecule has 0 fully saturated rings. The average Bonchev–Trinajstić information content (AvgIpc) is 3.03. The van der Waals surface area contributed by atoms with Gasteiger partial charge in [-0.2, -0.15) is 17.0 Å². The Bertz CT molecular complexity index is 656. The van der Waals surface area contributed by atoms with E-state index >= 15 is 0 Å². The largest absolute Gasteiger partial charge is 0.325 e. The van der Waals surface area contributed by atoms with Gasteiger partial charge in [-0.25, -0.2) is 9.69 Å². The maximum atomic E-state index is 12.3. The summed E-state index contributed by atoms with van der Waals surface area (Å²) < 4.78 is 0. The van der Waals surface area contributed by atoms with Crippen LogP contribution in [-0.4, -0.2) is 41.4 Å². The van der Waals surface area contributed by atoms with Crippen LogP contribution in [-0.2, 0) is 17.6 Å². The minimum Gasteiger partial charge on any atom is -0.325 e. The summed E-state index contributed by atoms with van der Waals surface area (Å²) in [5.41, 5.74) is 3.33. The van der Waals surface area contributed by atoms with Crippen molar-refractivity contribution in [2.75, 3.05) is 23.9 Å². The Morgan fingerprint density at radius 2 is 2.12 bits per heavy atom. The van der Waals surface area contributed by atoms with Crippen LogP contribution in [0.2, 0.25) is 0 Å². The second-order valence-corrected chi connectivity index (χ2v) is 6.54. The Hall–Kier alpha value is -2.20. The van der Waals surface area contributed by atoms with Crippen LogP contribution in [0.3, 0.4) is 0 Å². The van der Waals surface area contributed by atoms with Gasteiger partial charge in [0.15, 0.2) is 6.19 Å². The topological polar surface area (TPSA) is 85.2 Å². The van der Waals surface area contributed by atoms with Crippen molar-refractivity contribution in [3.8, 4) is 6.19 Å². The van der Waals surface area contributed by atoms with Crippen LogP contribution in [0.1, 0.15) is 24.5 Å². The lowest BCUT2D eigenvalue weighted by Crippen LogP contribution is -2.49. The van der Waals surface area contributed by atoms with Crippen molar-refractivity contribution in [1.82, 2.24) is 10.2 Å². The number of carbonyl (C=O) groups excluding carboxylic acids is 2. The summed E-state index contributed by atoms with van der Waals surface area (Å²) in [7, 11) is 0. The fraction of sp³-hybridized carbons (Fsp3) is 0.471. The maximum absolute atomic E-state index is 12.3. The zero-order chi connectivity index (χ0) is 17.5. The summed E-state index contributed by atoms with van der Waals surface area (Å²) >= 11 is 1.44. The van der Waals surface area contributed by atoms with Crippen LogP contribution < -0.4 is 10.6 Å². The number of fused-ring (bicyclic) bond motifs is 1. The van der Waals surface area contributed by atoms with E-state index in [0.717, 1.165) is 29.8 Å². The second-order valence-electron chi connectivity index (χ2n) is 5.63. The van der Waals surface area contributed by atoms with E-state index in [1.165, 1.54) is 22.9 Å². The van der Waals surface area contributed by atoms with E-state index in [-0.39, 0.29) is 6.54 Å². The van der Waals surface area contributed by atoms with Gasteiger partial charge < -0.3 is 10.6 Å². The molecule has 1 aliphatic carbocycles. The highest BCUT2D eigenvalue weighted by molar-refractivity contribution is 7.98. The van der Waals surface area contributed by atoms with Crippen LogP contribution in [0, 0.1) is 11.5 Å². The van der Waals surface area contributed by atoms with Gasteiger partial charge in [0.25, 0.3) is 5.91 Å². The molecule has 0 saturated heterocycles. The van der Waals surface area contributed by atoms with Crippen LogP contribution in [0.5, 0.6) is 0 Å². The summed E-state index contributed by atoms with van der Waals surface area (Å²) in [6, 6.07) is 4.74. The van der Waals surface area contributed by atoms with Crippen molar-refractivity contribution in [2.45, 2.75) is 32.2 Å². The molecule has 7 heteroatoms. The Labute approximate surface area is 146 Å². The lowest BCUT2D eigenvalue weighted by Gasteiger charge is -2.21. The van der Waals surface area contributed by atoms with Crippen LogP contribution >= 0.6 is 11.8 Å². The molecule has 128 valence electrons. The molecule has 1 aromatic rings. The number of carbonyl (C=O) groups is 2. The first-order valence-corrected chi connectivity index (χ1v) is 9.37. The van der Waals surface area contributed by atoms with Gasteiger partial charge in [0, 0.05) is 18.0 Å². The van der Waals surface area contributed by atoms with E-state index in [4.69, 9.17) is 5.26 Å². The molecule has 1 aromatic carbocycles. The fourth-order valence-corrected chi connectivity index (χ4v) is 3.34. The van der Waals surface area contributed by atoms with Gasteiger partial charge in [-0.15, -0.1) is 0 Å². The van der Waals surface area contributed by atoms with Gasteiger partial charge in [0.05, 0.1) is 0 Å². The van der Waals surface area contributed by atoms with E-state index in [2.05, 4.69) is 10.6 Å². The monoisotopic (exact) mass is 346 g/mol. The third-order valence-corrected chi connectivity index (χ3v) is 4.66. The van der Waals surface area contributed by atoms with E-state index in [9.17, 15) is 9.59 Å². The molecule has 6 nitrogen and oxygen atoms in total. The minimum atomic E-state index is -0.728. The number of anilines is 1. The molecule has 24 heavy (non-hydrogen) atoms. The third kappa shape index (κ3) is 4.42. The number of benzene rings is 1. The first-order chi connectivity index (χ1) is 11.6. The van der Waals surface area contributed by atoms with Crippen molar-refractivity contribution in [3.63, 3.8) is 0 Å². The number of hydrogen-bond donors (Lipinski definition) is 2. The number of amides is 3. The quantitative estimate of drug-likeness (QED) is 0.612. The molecule has 0 heterocycles. The van der Waals surface area contributed by atoms with Crippen molar-refractivity contribution in [3.05, 3.63) is 29.3 Å². The van der Waals surface area contributed by atoms with Gasteiger partial charge in [0.2, 0.25) is 0 Å². The summed E-state index contributed by atoms with van der Waals surface area (Å²) in [6.07, 6.45) is 6.97. The number of nitrogens with one attached hydrogen (secondary N) is 2. The molecule has 3 amide bonds. The highest BCUT2D eigenvalue weighted by Crippen LogP contribution is 2.24. The predicted molar refractivity (Wildman–Crippen MR) is 95.8 cm³/mol. The standard InChI is InChI=1S/C17H22N4O2S/c1-3-21(11-18)16(22)15(10-24-2)20-17(23)19-14-8-7-12-5-4-6-13(12)9-14/h7-9,15H,3-6,10H2,1-2H3,(H2,19,20,23). The number of rotatable bonds is 6. The smallest absolute Gasteiger partial charge is 0.319 e. The SMILES string of the molecule is CCN(C#N)C(=O)C(CSC)NC(=O)Nc1ccc2c(c1)CCC2. The van der Waals surface area contributed by atoms with Crippen molar-refractivity contribution in [2.24, 2.45) is 0 Å². The fourth-order valence-electron chi connectivity index (χ4n) is 2.78. The molecule has 1 unspecified atom stereocenters. The molecular weight excluding hydrogens is 324 g/mol. The van der Waals surface area contributed by atoms with Crippen LogP contribution in [0.25, 0.3) is 0 Å². The molecule has 0 radical (unpaired) electrons. The molecule has 2 rings (SSSR count). The zero-order valence-electron chi connectivity index (χ0n) is 14.0. The molecule has 2 N–H and O–H groups in total. The summed E-state index contributed by atoms with van der Waals surface area (Å²) in [4.78, 5) is 25.6. The van der Waals surface area contributed by atoms with Gasteiger partial charge >= 0.3 is 6.03 Å². The van der Waals surface area contributed by atoms with Gasteiger partial charge in [-0.1, -0.05) is 6.07 Å². The van der Waals surface area contributed by atoms with Gasteiger partial charge in [-0.05, 0) is 55.7 Å². The van der Waals surface area contributed by atoms with E-state index in [0.29, 0.717) is 5.75 Å². The lowest BCUT2D eigenvalue weighted by molar-refractivity contribution is -0.129. The maximum Gasteiger partial charge on any atom is 0.319 e. The molecular formula is C17H22N4O2S. The van der Waals surface area contributed by atoms with Gasteiger partial charge in [-0.3, -0.25) is 4.79 Å². The molecule has 0 saturated carbocycles. The summed E-state index contributed by atoms with van der Waals surface area (Å²) in [5, 5.41) is 14.4. The highest BCUT2D eigenvalue weighted by atomic mass is 32.2. The number of nitriles is 1. The number of thioether (sulfide) groups is 1. The van der Waals surface area contributed by atoms with Crippen molar-refractivity contribution in [1.29, 1.82) is 5.26 Å². The molecule has 0 bridgehead atoms. The van der Waals surface area contributed by atoms with E-state index in [1.807, 2.05) is 30.6 Å². The molecule has 0 aromatic heterocycles. The predicted octanol–water partition coefficient (Wildman–Crippen LogP) is 2.36. The zero-order valence-corrected chi connectivity index (χ0v) is 14.8. The molecule has 0 spiro atoms. The van der Waals surface area contributed by atoms with E-state index in [1.54, 1.807) is 6.92 Å². The Morgan fingerprint density at radius 3 is 2.79 bits per heavy atom. The Balaban J connectivity index is 2.00. The highest BCUT2D eigenvalue weighted by Gasteiger charge is 2.25. The number of urea groups is 1. The second kappa shape index (κ2) is 8.60. The Kier molecular flexibility index (Phi) is 6.50. The van der Waals surface area contributed by atoms with Crippen molar-refractivity contribution >= 4 is 29.4 Å². The third-order valence-electron chi connectivity index (χ3n) is 4.00. The summed E-state index contributed by atoms with van der Waals surface area (Å²) in [5.74, 6) is 0.0210. The first kappa shape index (κ1) is 18.1. The Morgan fingerprint density at radius 1 is 1.38 bits per heavy atom. The molecule has 1 atom stereocenters. The molecule has 1 aliphatic rings. The normalized spacial score (nSPS) is 13.5. The minimum absolute atomic E-state index is 0.286. The average molecular weight is 346 g/mol. The number of aryl methyl sites for hydroxylation is 2. The van der Waals surface area contributed by atoms with E-state index < -0.39 is 18.0 Å². The number of likely N-dealkylation sites (N-methyl/N-ethyl adjacent to an activating group) is 1. The van der Waals surface area contributed by atoms with Crippen LogP contribution in [0.4, 0.5) is 10.5 Å². The lowest BCUT2D eigenvalue weighted by atomic mass is 10.1. The number of nitrogens with zero attached hydrogens (tertiary/aromatic N) is 2. The summed E-state index contributed by atoms with van der Waals surface area (Å²) in [6.45, 7) is 2.01. The van der Waals surface area contributed by atoms with Gasteiger partial charge in [0.1, 0.15) is 6.04 Å².